The molecule has 4 heteroatoms. The van der Waals surface area contributed by atoms with Crippen LogP contribution in [0, 0.1) is 6.92 Å². The van der Waals surface area contributed by atoms with Crippen LogP contribution in [0.5, 0.6) is 0 Å². The van der Waals surface area contributed by atoms with Gasteiger partial charge in [0.2, 0.25) is 0 Å². The van der Waals surface area contributed by atoms with Gasteiger partial charge in [0.1, 0.15) is 17.5 Å². The summed E-state index contributed by atoms with van der Waals surface area (Å²) in [6.45, 7) is 10.6. The van der Waals surface area contributed by atoms with E-state index < -0.39 is 0 Å². The zero-order valence-corrected chi connectivity index (χ0v) is 14.1. The van der Waals surface area contributed by atoms with Gasteiger partial charge >= 0.3 is 0 Å². The van der Waals surface area contributed by atoms with Crippen LogP contribution in [-0.4, -0.2) is 16.0 Å². The average Bonchev–Trinajstić information content (AvgIpc) is 2.47. The Morgan fingerprint density at radius 2 is 1.64 bits per heavy atom. The molecular weight excluding hydrogens is 272 g/mol. The molecule has 0 amide bonds. The van der Waals surface area contributed by atoms with Crippen molar-refractivity contribution in [2.75, 3.05) is 10.6 Å². The van der Waals surface area contributed by atoms with Gasteiger partial charge in [-0.15, -0.1) is 0 Å². The molecular formula is C18H26N4. The first-order valence-electron chi connectivity index (χ1n) is 7.97. The Morgan fingerprint density at radius 3 is 2.23 bits per heavy atom. The van der Waals surface area contributed by atoms with Crippen molar-refractivity contribution in [3.63, 3.8) is 0 Å². The van der Waals surface area contributed by atoms with Crippen molar-refractivity contribution in [3.05, 3.63) is 41.7 Å². The van der Waals surface area contributed by atoms with Crippen molar-refractivity contribution >= 4 is 17.3 Å². The maximum atomic E-state index is 4.46. The summed E-state index contributed by atoms with van der Waals surface area (Å²) in [6.07, 6.45) is 1.06. The Labute approximate surface area is 133 Å². The Hall–Kier alpha value is -2.10. The van der Waals surface area contributed by atoms with E-state index in [4.69, 9.17) is 0 Å². The molecule has 0 bridgehead atoms. The zero-order chi connectivity index (χ0) is 16.1. The van der Waals surface area contributed by atoms with Gasteiger partial charge in [-0.05, 0) is 43.9 Å². The smallest absolute Gasteiger partial charge is 0.136 e. The number of nitrogens with one attached hydrogen (secondary N) is 2. The summed E-state index contributed by atoms with van der Waals surface area (Å²) < 4.78 is 0. The highest BCUT2D eigenvalue weighted by atomic mass is 15.1. The van der Waals surface area contributed by atoms with E-state index >= 15 is 0 Å². The van der Waals surface area contributed by atoms with Crippen LogP contribution in [0.1, 0.15) is 51.4 Å². The molecule has 22 heavy (non-hydrogen) atoms. The van der Waals surface area contributed by atoms with E-state index in [1.165, 1.54) is 5.56 Å². The number of hydrogen-bond donors (Lipinski definition) is 2. The third kappa shape index (κ3) is 4.45. The molecule has 0 spiro atoms. The Balaban J connectivity index is 2.14. The van der Waals surface area contributed by atoms with Crippen LogP contribution >= 0.6 is 0 Å². The van der Waals surface area contributed by atoms with Crippen LogP contribution in [0.2, 0.25) is 0 Å². The number of rotatable bonds is 6. The molecule has 1 aromatic carbocycles. The lowest BCUT2D eigenvalue weighted by atomic mass is 10.0. The van der Waals surface area contributed by atoms with Crippen molar-refractivity contribution < 1.29 is 0 Å². The van der Waals surface area contributed by atoms with Crippen molar-refractivity contribution in [2.24, 2.45) is 0 Å². The lowest BCUT2D eigenvalue weighted by Crippen LogP contribution is -2.15. The first kappa shape index (κ1) is 16.3. The minimum Gasteiger partial charge on any atom is -0.367 e. The van der Waals surface area contributed by atoms with E-state index in [1.54, 1.807) is 0 Å². The molecule has 0 aliphatic carbocycles. The molecule has 2 aromatic rings. The van der Waals surface area contributed by atoms with Crippen LogP contribution in [0.25, 0.3) is 0 Å². The number of hydrogen-bond acceptors (Lipinski definition) is 4. The van der Waals surface area contributed by atoms with Crippen LogP contribution in [-0.2, 0) is 0 Å². The van der Waals surface area contributed by atoms with Crippen LogP contribution < -0.4 is 10.6 Å². The van der Waals surface area contributed by atoms with Crippen molar-refractivity contribution in [1.29, 1.82) is 0 Å². The molecule has 2 N–H and O–H groups in total. The van der Waals surface area contributed by atoms with Gasteiger partial charge in [0.25, 0.3) is 0 Å². The normalized spacial score (nSPS) is 12.3. The highest BCUT2D eigenvalue weighted by Crippen LogP contribution is 2.21. The Bertz CT molecular complexity index is 605. The highest BCUT2D eigenvalue weighted by Gasteiger charge is 2.05. The number of nitrogens with zero attached hydrogens (tertiary/aromatic N) is 2. The molecule has 2 rings (SSSR count). The summed E-state index contributed by atoms with van der Waals surface area (Å²) in [5.74, 6) is 2.98. The molecule has 118 valence electrons. The summed E-state index contributed by atoms with van der Waals surface area (Å²) >= 11 is 0. The van der Waals surface area contributed by atoms with Gasteiger partial charge in [-0.3, -0.25) is 0 Å². The van der Waals surface area contributed by atoms with Gasteiger partial charge in [-0.2, -0.15) is 0 Å². The number of aryl methyl sites for hydroxylation is 1. The molecule has 0 saturated heterocycles. The predicted octanol–water partition coefficient (Wildman–Crippen LogP) is 4.86. The lowest BCUT2D eigenvalue weighted by Gasteiger charge is -2.14. The highest BCUT2D eigenvalue weighted by molar-refractivity contribution is 5.59. The summed E-state index contributed by atoms with van der Waals surface area (Å²) in [4.78, 5) is 8.90. The third-order valence-corrected chi connectivity index (χ3v) is 3.69. The molecule has 1 unspecified atom stereocenters. The van der Waals surface area contributed by atoms with Crippen molar-refractivity contribution in [2.45, 2.75) is 53.0 Å². The SMILES string of the molecule is CCC(C)Nc1cc(Nc2ccc(C(C)C)cc2)nc(C)n1. The number of benzene rings is 1. The molecule has 4 nitrogen and oxygen atoms in total. The summed E-state index contributed by atoms with van der Waals surface area (Å²) in [7, 11) is 0. The first-order valence-corrected chi connectivity index (χ1v) is 7.97. The average molecular weight is 298 g/mol. The second kappa shape index (κ2) is 7.25. The minimum absolute atomic E-state index is 0.396. The van der Waals surface area contributed by atoms with E-state index in [1.807, 2.05) is 13.0 Å². The van der Waals surface area contributed by atoms with E-state index in [0.717, 1.165) is 29.6 Å². The molecule has 0 saturated carbocycles. The molecule has 1 heterocycles. The topological polar surface area (TPSA) is 49.8 Å². The largest absolute Gasteiger partial charge is 0.367 e. The molecule has 0 radical (unpaired) electrons. The van der Waals surface area contributed by atoms with Gasteiger partial charge < -0.3 is 10.6 Å². The number of aromatic nitrogens is 2. The predicted molar refractivity (Wildman–Crippen MR) is 94.0 cm³/mol. The second-order valence-electron chi connectivity index (χ2n) is 6.04. The van der Waals surface area contributed by atoms with Crippen LogP contribution in [0.3, 0.4) is 0 Å². The summed E-state index contributed by atoms with van der Waals surface area (Å²) in [5, 5.41) is 6.74. The second-order valence-corrected chi connectivity index (χ2v) is 6.04. The van der Waals surface area contributed by atoms with E-state index in [0.29, 0.717) is 12.0 Å². The fourth-order valence-electron chi connectivity index (χ4n) is 2.16. The molecule has 1 aromatic heterocycles. The van der Waals surface area contributed by atoms with Gasteiger partial charge in [0, 0.05) is 17.8 Å². The van der Waals surface area contributed by atoms with Crippen molar-refractivity contribution in [1.82, 2.24) is 9.97 Å². The third-order valence-electron chi connectivity index (χ3n) is 3.69. The first-order chi connectivity index (χ1) is 10.5. The standard InChI is InChI=1S/C18H26N4/c1-6-13(4)19-17-11-18(21-14(5)20-17)22-16-9-7-15(8-10-16)12(2)3/h7-13H,6H2,1-5H3,(H2,19,20,21,22). The van der Waals surface area contributed by atoms with Gasteiger partial charge in [0.15, 0.2) is 0 Å². The summed E-state index contributed by atoms with van der Waals surface area (Å²) in [5.41, 5.74) is 2.38. The quantitative estimate of drug-likeness (QED) is 0.799. The fourth-order valence-corrected chi connectivity index (χ4v) is 2.16. The molecule has 0 aliphatic rings. The molecule has 0 aliphatic heterocycles. The zero-order valence-electron chi connectivity index (χ0n) is 14.1. The maximum absolute atomic E-state index is 4.46. The fraction of sp³-hybridized carbons (Fsp3) is 0.444. The Morgan fingerprint density at radius 1 is 1.00 bits per heavy atom. The lowest BCUT2D eigenvalue weighted by molar-refractivity contribution is 0.757. The summed E-state index contributed by atoms with van der Waals surface area (Å²) in [6, 6.07) is 10.8. The van der Waals surface area contributed by atoms with Crippen LogP contribution in [0.4, 0.5) is 17.3 Å². The minimum atomic E-state index is 0.396. The van der Waals surface area contributed by atoms with Crippen molar-refractivity contribution in [3.8, 4) is 0 Å². The van der Waals surface area contributed by atoms with Gasteiger partial charge in [-0.1, -0.05) is 32.9 Å². The van der Waals surface area contributed by atoms with E-state index in [-0.39, 0.29) is 0 Å². The number of anilines is 3. The van der Waals surface area contributed by atoms with Gasteiger partial charge in [0.05, 0.1) is 0 Å². The maximum Gasteiger partial charge on any atom is 0.136 e. The van der Waals surface area contributed by atoms with Crippen LogP contribution in [0.15, 0.2) is 30.3 Å². The van der Waals surface area contributed by atoms with E-state index in [9.17, 15) is 0 Å². The van der Waals surface area contributed by atoms with E-state index in [2.05, 4.69) is 72.6 Å². The Kier molecular flexibility index (Phi) is 5.36. The monoisotopic (exact) mass is 298 g/mol. The van der Waals surface area contributed by atoms with Gasteiger partial charge in [-0.25, -0.2) is 9.97 Å². The molecule has 0 fully saturated rings. The molecule has 1 atom stereocenters.